The Morgan fingerprint density at radius 3 is 2.85 bits per heavy atom. The number of nitrogens with zero attached hydrogens (tertiary/aromatic N) is 1. The van der Waals surface area contributed by atoms with Crippen LogP contribution in [0.4, 0.5) is 0 Å². The van der Waals surface area contributed by atoms with Crippen LogP contribution in [0.1, 0.15) is 16.1 Å². The molecular weight excluding hydrogens is 158 g/mol. The molecule has 2 rings (SSSR count). The summed E-state index contributed by atoms with van der Waals surface area (Å²) in [7, 11) is 1.72. The molecule has 0 amide bonds. The summed E-state index contributed by atoms with van der Waals surface area (Å²) in [6.07, 6.45) is 1.16. The van der Waals surface area contributed by atoms with Crippen molar-refractivity contribution >= 4 is 5.57 Å². The molecule has 3 unspecified atom stereocenters. The highest BCUT2D eigenvalue weighted by Gasteiger charge is 2.08. The smallest absolute Gasteiger partial charge is 0.0475 e. The SMILES string of the molecule is [2H]C1C(c2ccccc2)=CC([2H])N(C)C1[2H]. The molecule has 13 heavy (non-hydrogen) atoms. The monoisotopic (exact) mass is 176 g/mol. The van der Waals surface area contributed by atoms with Crippen LogP contribution in [0, 0.1) is 0 Å². The van der Waals surface area contributed by atoms with E-state index in [0.29, 0.717) is 0 Å². The van der Waals surface area contributed by atoms with Gasteiger partial charge in [0, 0.05) is 17.2 Å². The molecule has 3 atom stereocenters. The fourth-order valence-corrected chi connectivity index (χ4v) is 1.32. The summed E-state index contributed by atoms with van der Waals surface area (Å²) in [6, 6.07) is 9.61. The zero-order chi connectivity index (χ0) is 11.7. The van der Waals surface area contributed by atoms with Gasteiger partial charge in [-0.2, -0.15) is 0 Å². The van der Waals surface area contributed by atoms with Crippen LogP contribution in [-0.2, 0) is 0 Å². The number of hydrogen-bond donors (Lipinski definition) is 0. The molecular formula is C12H15N. The highest BCUT2D eigenvalue weighted by Crippen LogP contribution is 2.20. The van der Waals surface area contributed by atoms with Gasteiger partial charge in [0.2, 0.25) is 0 Å². The van der Waals surface area contributed by atoms with Gasteiger partial charge < -0.3 is 4.90 Å². The zero-order valence-electron chi connectivity index (χ0n) is 10.6. The van der Waals surface area contributed by atoms with Crippen molar-refractivity contribution < 1.29 is 4.11 Å². The average molecular weight is 176 g/mol. The van der Waals surface area contributed by atoms with E-state index < -0.39 is 19.4 Å². The number of benzene rings is 1. The lowest BCUT2D eigenvalue weighted by Gasteiger charge is -2.21. The summed E-state index contributed by atoms with van der Waals surface area (Å²) in [5.41, 5.74) is 1.74. The summed E-state index contributed by atoms with van der Waals surface area (Å²) in [5, 5.41) is 0. The van der Waals surface area contributed by atoms with Crippen LogP contribution in [0.3, 0.4) is 0 Å². The third-order valence-corrected chi connectivity index (χ3v) is 2.09. The molecule has 0 bridgehead atoms. The van der Waals surface area contributed by atoms with Crippen molar-refractivity contribution in [2.24, 2.45) is 0 Å². The number of hydrogen-bond acceptors (Lipinski definition) is 1. The van der Waals surface area contributed by atoms with Crippen LogP contribution in [0.25, 0.3) is 5.57 Å². The highest BCUT2D eigenvalue weighted by atomic mass is 15.1. The Hall–Kier alpha value is -1.08. The van der Waals surface area contributed by atoms with Gasteiger partial charge in [-0.25, -0.2) is 0 Å². The molecule has 0 aliphatic carbocycles. The van der Waals surface area contributed by atoms with Gasteiger partial charge in [-0.1, -0.05) is 36.4 Å². The lowest BCUT2D eigenvalue weighted by molar-refractivity contribution is 0.370. The third kappa shape index (κ3) is 1.99. The predicted molar refractivity (Wildman–Crippen MR) is 56.5 cm³/mol. The zero-order valence-corrected chi connectivity index (χ0v) is 7.64. The number of rotatable bonds is 1. The van der Waals surface area contributed by atoms with Crippen molar-refractivity contribution in [1.29, 1.82) is 0 Å². The lowest BCUT2D eigenvalue weighted by atomic mass is 10.00. The van der Waals surface area contributed by atoms with Crippen molar-refractivity contribution in [2.75, 3.05) is 20.1 Å². The Morgan fingerprint density at radius 1 is 1.31 bits per heavy atom. The van der Waals surface area contributed by atoms with E-state index >= 15 is 0 Å². The fourth-order valence-electron chi connectivity index (χ4n) is 1.32. The highest BCUT2D eigenvalue weighted by molar-refractivity contribution is 5.66. The normalized spacial score (nSPS) is 38.7. The van der Waals surface area contributed by atoms with Crippen LogP contribution < -0.4 is 0 Å². The summed E-state index contributed by atoms with van der Waals surface area (Å²) < 4.78 is 23.7. The summed E-state index contributed by atoms with van der Waals surface area (Å²) >= 11 is 0. The van der Waals surface area contributed by atoms with E-state index in [0.717, 1.165) is 11.1 Å². The van der Waals surface area contributed by atoms with Gasteiger partial charge in [0.1, 0.15) is 0 Å². The molecule has 68 valence electrons. The molecule has 0 N–H and O–H groups in total. The largest absolute Gasteiger partial charge is 0.302 e. The first-order valence-corrected chi connectivity index (χ1v) is 4.37. The average Bonchev–Trinajstić information content (AvgIpc) is 2.32. The third-order valence-electron chi connectivity index (χ3n) is 2.09. The van der Waals surface area contributed by atoms with Crippen molar-refractivity contribution in [2.45, 2.75) is 6.40 Å². The molecule has 1 aromatic rings. The quantitative estimate of drug-likeness (QED) is 0.635. The Kier molecular flexibility index (Phi) is 1.62. The molecule has 1 aromatic carbocycles. The first-order valence-electron chi connectivity index (χ1n) is 6.10. The van der Waals surface area contributed by atoms with Crippen LogP contribution in [0.2, 0.25) is 0 Å². The van der Waals surface area contributed by atoms with Crippen molar-refractivity contribution in [3.8, 4) is 0 Å². The van der Waals surface area contributed by atoms with E-state index in [4.69, 9.17) is 4.11 Å². The van der Waals surface area contributed by atoms with Crippen LogP contribution in [0.5, 0.6) is 0 Å². The molecule has 1 heterocycles. The summed E-state index contributed by atoms with van der Waals surface area (Å²) in [6.45, 7) is -1.19. The van der Waals surface area contributed by atoms with Crippen molar-refractivity contribution in [1.82, 2.24) is 4.90 Å². The van der Waals surface area contributed by atoms with Gasteiger partial charge >= 0.3 is 0 Å². The predicted octanol–water partition coefficient (Wildman–Crippen LogP) is 2.41. The second-order valence-corrected chi connectivity index (χ2v) is 3.12. The summed E-state index contributed by atoms with van der Waals surface area (Å²) in [4.78, 5) is 1.59. The minimum absolute atomic E-state index is 0.528. The van der Waals surface area contributed by atoms with Gasteiger partial charge in [-0.15, -0.1) is 0 Å². The molecule has 1 nitrogen and oxygen atoms in total. The summed E-state index contributed by atoms with van der Waals surface area (Å²) in [5.74, 6) is 0. The van der Waals surface area contributed by atoms with E-state index in [1.807, 2.05) is 30.3 Å². The molecule has 0 fully saturated rings. The Morgan fingerprint density at radius 2 is 2.08 bits per heavy atom. The molecule has 0 saturated carbocycles. The Labute approximate surface area is 83.9 Å². The van der Waals surface area contributed by atoms with Gasteiger partial charge in [0.15, 0.2) is 0 Å². The van der Waals surface area contributed by atoms with E-state index in [9.17, 15) is 0 Å². The van der Waals surface area contributed by atoms with Crippen molar-refractivity contribution in [3.05, 3.63) is 42.0 Å². The standard InChI is InChI=1S/C12H15N/c1-13-9-7-12(8-10-13)11-5-3-2-4-6-11/h2-7H,8-10H2,1H3/i8D,9D,10D. The second-order valence-electron chi connectivity index (χ2n) is 3.12. The molecule has 0 spiro atoms. The van der Waals surface area contributed by atoms with Crippen LogP contribution in [-0.4, -0.2) is 25.0 Å². The molecule has 0 saturated heterocycles. The molecule has 1 aliphatic heterocycles. The maximum absolute atomic E-state index is 8.01. The maximum atomic E-state index is 8.01. The van der Waals surface area contributed by atoms with Gasteiger partial charge in [0.25, 0.3) is 0 Å². The molecule has 0 aromatic heterocycles. The van der Waals surface area contributed by atoms with Gasteiger partial charge in [0.05, 0.1) is 0 Å². The Balaban J connectivity index is 2.38. The van der Waals surface area contributed by atoms with E-state index in [2.05, 4.69) is 0 Å². The Bertz CT molecular complexity index is 391. The first-order chi connectivity index (χ1) is 7.61. The van der Waals surface area contributed by atoms with Gasteiger partial charge in [-0.3, -0.25) is 0 Å². The topological polar surface area (TPSA) is 3.24 Å². The van der Waals surface area contributed by atoms with E-state index in [1.54, 1.807) is 18.0 Å². The lowest BCUT2D eigenvalue weighted by Crippen LogP contribution is -2.23. The molecule has 1 heteroatoms. The van der Waals surface area contributed by atoms with Crippen molar-refractivity contribution in [3.63, 3.8) is 0 Å². The second kappa shape index (κ2) is 3.75. The van der Waals surface area contributed by atoms with Crippen LogP contribution in [0.15, 0.2) is 36.4 Å². The van der Waals surface area contributed by atoms with E-state index in [-0.39, 0.29) is 0 Å². The number of likely N-dealkylation sites (N-methyl/N-ethyl adjacent to an activating group) is 1. The fraction of sp³-hybridized carbons (Fsp3) is 0.333. The van der Waals surface area contributed by atoms with Gasteiger partial charge in [-0.05, 0) is 24.6 Å². The first kappa shape index (κ1) is 5.61. The maximum Gasteiger partial charge on any atom is 0.0475 e. The minimum Gasteiger partial charge on any atom is -0.302 e. The van der Waals surface area contributed by atoms with Crippen LogP contribution >= 0.6 is 0 Å². The molecule has 0 radical (unpaired) electrons. The minimum atomic E-state index is -0.664. The van der Waals surface area contributed by atoms with E-state index in [1.165, 1.54) is 0 Å². The molecule has 1 aliphatic rings.